The molecule has 0 bridgehead atoms. The molecule has 7 heteroatoms. The fraction of sp³-hybridized carbons (Fsp3) is 0.0769. The number of halogens is 3. The Morgan fingerprint density at radius 2 is 2.05 bits per heavy atom. The van der Waals surface area contributed by atoms with Gasteiger partial charge in [-0.15, -0.1) is 0 Å². The van der Waals surface area contributed by atoms with Gasteiger partial charge in [0.2, 0.25) is 0 Å². The smallest absolute Gasteiger partial charge is 0.293 e. The zero-order chi connectivity index (χ0) is 14.7. The summed E-state index contributed by atoms with van der Waals surface area (Å²) in [6.07, 6.45) is 0. The van der Waals surface area contributed by atoms with Gasteiger partial charge < -0.3 is 5.32 Å². The van der Waals surface area contributed by atoms with E-state index >= 15 is 0 Å². The lowest BCUT2D eigenvalue weighted by molar-refractivity contribution is -0.384. The van der Waals surface area contributed by atoms with E-state index in [9.17, 15) is 14.5 Å². The predicted molar refractivity (Wildman–Crippen MR) is 84.6 cm³/mol. The highest BCUT2D eigenvalue weighted by molar-refractivity contribution is 14.1. The summed E-state index contributed by atoms with van der Waals surface area (Å²) in [5.41, 5.74) is 0.748. The molecule has 0 radical (unpaired) electrons. The molecule has 0 saturated heterocycles. The van der Waals surface area contributed by atoms with Gasteiger partial charge in [-0.3, -0.25) is 10.1 Å². The molecule has 2 rings (SSSR count). The van der Waals surface area contributed by atoms with Gasteiger partial charge in [0.15, 0.2) is 0 Å². The molecule has 0 atom stereocenters. The highest BCUT2D eigenvalue weighted by Gasteiger charge is 2.17. The predicted octanol–water partition coefficient (Wildman–Crippen LogP) is 4.60. The minimum absolute atomic E-state index is 0.132. The second kappa shape index (κ2) is 6.36. The summed E-state index contributed by atoms with van der Waals surface area (Å²) in [7, 11) is 0. The Bertz CT molecular complexity index is 667. The molecule has 2 aromatic carbocycles. The quantitative estimate of drug-likeness (QED) is 0.458. The van der Waals surface area contributed by atoms with Crippen LogP contribution < -0.4 is 5.32 Å². The minimum atomic E-state index is -0.545. The second-order valence-corrected chi connectivity index (χ2v) is 5.55. The average Bonchev–Trinajstić information content (AvgIpc) is 2.41. The van der Waals surface area contributed by atoms with Crippen LogP contribution in [0.15, 0.2) is 36.4 Å². The van der Waals surface area contributed by atoms with Crippen LogP contribution >= 0.6 is 34.2 Å². The Balaban J connectivity index is 2.27. The van der Waals surface area contributed by atoms with Crippen LogP contribution in [-0.4, -0.2) is 4.92 Å². The third kappa shape index (κ3) is 3.37. The van der Waals surface area contributed by atoms with Crippen molar-refractivity contribution < 1.29 is 9.31 Å². The maximum atomic E-state index is 13.5. The van der Waals surface area contributed by atoms with Crippen molar-refractivity contribution in [3.05, 3.63) is 66.5 Å². The maximum absolute atomic E-state index is 13.5. The van der Waals surface area contributed by atoms with Gasteiger partial charge in [-0.2, -0.15) is 0 Å². The van der Waals surface area contributed by atoms with Crippen molar-refractivity contribution in [1.82, 2.24) is 0 Å². The molecule has 0 saturated carbocycles. The Hall–Kier alpha value is -1.41. The lowest BCUT2D eigenvalue weighted by Crippen LogP contribution is -2.04. The van der Waals surface area contributed by atoms with Crippen molar-refractivity contribution in [3.63, 3.8) is 0 Å². The molecule has 0 aromatic heterocycles. The number of nitro groups is 1. The van der Waals surface area contributed by atoms with Crippen LogP contribution in [0.4, 0.5) is 15.8 Å². The fourth-order valence-corrected chi connectivity index (χ4v) is 2.31. The van der Waals surface area contributed by atoms with Crippen molar-refractivity contribution in [3.8, 4) is 0 Å². The van der Waals surface area contributed by atoms with Gasteiger partial charge in [0, 0.05) is 23.7 Å². The van der Waals surface area contributed by atoms with Gasteiger partial charge in [-0.25, -0.2) is 4.39 Å². The molecule has 0 aliphatic rings. The van der Waals surface area contributed by atoms with Crippen LogP contribution in [0.5, 0.6) is 0 Å². The average molecular weight is 407 g/mol. The molecule has 0 amide bonds. The highest BCUT2D eigenvalue weighted by Crippen LogP contribution is 2.29. The first-order valence-corrected chi connectivity index (χ1v) is 7.05. The highest BCUT2D eigenvalue weighted by atomic mass is 127. The molecule has 0 spiro atoms. The van der Waals surface area contributed by atoms with Gasteiger partial charge in [0.05, 0.1) is 8.49 Å². The van der Waals surface area contributed by atoms with E-state index < -0.39 is 10.7 Å². The molecule has 20 heavy (non-hydrogen) atoms. The summed E-state index contributed by atoms with van der Waals surface area (Å²) in [4.78, 5) is 10.4. The normalized spacial score (nSPS) is 10.3. The summed E-state index contributed by atoms with van der Waals surface area (Å²) in [6, 6.07) is 9.44. The third-order valence-electron chi connectivity index (χ3n) is 2.66. The van der Waals surface area contributed by atoms with Crippen LogP contribution in [0.2, 0.25) is 5.02 Å². The molecule has 0 heterocycles. The molecule has 0 aliphatic heterocycles. The van der Waals surface area contributed by atoms with Gasteiger partial charge in [0.1, 0.15) is 11.5 Å². The monoisotopic (exact) mass is 406 g/mol. The van der Waals surface area contributed by atoms with Crippen LogP contribution in [-0.2, 0) is 6.54 Å². The molecule has 0 fully saturated rings. The number of rotatable bonds is 4. The number of nitrogens with one attached hydrogen (secondary N) is 1. The Kier molecular flexibility index (Phi) is 4.77. The molecule has 2 aromatic rings. The van der Waals surface area contributed by atoms with E-state index in [0.717, 1.165) is 11.6 Å². The summed E-state index contributed by atoms with van der Waals surface area (Å²) < 4.78 is 13.7. The van der Waals surface area contributed by atoms with Gasteiger partial charge in [-0.1, -0.05) is 29.8 Å². The van der Waals surface area contributed by atoms with E-state index in [1.807, 2.05) is 6.07 Å². The SMILES string of the molecule is O=[N+]([O-])c1cc(I)c(F)cc1NCc1ccccc1Cl. The fourth-order valence-electron chi connectivity index (χ4n) is 1.66. The van der Waals surface area contributed by atoms with E-state index in [1.165, 1.54) is 6.07 Å². The van der Waals surface area contributed by atoms with Gasteiger partial charge in [-0.05, 0) is 34.2 Å². The second-order valence-electron chi connectivity index (χ2n) is 3.99. The summed E-state index contributed by atoms with van der Waals surface area (Å²) >= 11 is 7.72. The van der Waals surface area contributed by atoms with Gasteiger partial charge >= 0.3 is 0 Å². The Morgan fingerprint density at radius 1 is 1.35 bits per heavy atom. The van der Waals surface area contributed by atoms with E-state index in [0.29, 0.717) is 5.02 Å². The third-order valence-corrected chi connectivity index (χ3v) is 3.86. The molecule has 1 N–H and O–H groups in total. The summed E-state index contributed by atoms with van der Waals surface area (Å²) in [5.74, 6) is -0.502. The number of nitro benzene ring substituents is 1. The maximum Gasteiger partial charge on any atom is 0.293 e. The van der Waals surface area contributed by atoms with Crippen molar-refractivity contribution in [2.24, 2.45) is 0 Å². The Morgan fingerprint density at radius 3 is 2.70 bits per heavy atom. The minimum Gasteiger partial charge on any atom is -0.375 e. The van der Waals surface area contributed by atoms with Crippen molar-refractivity contribution >= 4 is 45.6 Å². The standard InChI is InChI=1S/C13H9ClFIN2O2/c14-9-4-2-1-3-8(9)7-17-12-5-10(15)11(16)6-13(12)18(19)20/h1-6,17H,7H2. The summed E-state index contributed by atoms with van der Waals surface area (Å²) in [6.45, 7) is 0.278. The number of hydrogen-bond acceptors (Lipinski definition) is 3. The number of benzene rings is 2. The van der Waals surface area contributed by atoms with Crippen LogP contribution in [0.1, 0.15) is 5.56 Å². The topological polar surface area (TPSA) is 55.2 Å². The number of hydrogen-bond donors (Lipinski definition) is 1. The van der Waals surface area contributed by atoms with Crippen molar-refractivity contribution in [1.29, 1.82) is 0 Å². The molecular weight excluding hydrogens is 398 g/mol. The molecule has 104 valence electrons. The largest absolute Gasteiger partial charge is 0.375 e. The first-order valence-electron chi connectivity index (χ1n) is 5.59. The van der Waals surface area contributed by atoms with Crippen LogP contribution in [0.25, 0.3) is 0 Å². The Labute approximate surface area is 133 Å². The molecule has 0 aliphatic carbocycles. The zero-order valence-electron chi connectivity index (χ0n) is 10.1. The van der Waals surface area contributed by atoms with Crippen LogP contribution in [0.3, 0.4) is 0 Å². The molecule has 0 unspecified atom stereocenters. The van der Waals surface area contributed by atoms with E-state index in [2.05, 4.69) is 5.32 Å². The van der Waals surface area contributed by atoms with Gasteiger partial charge in [0.25, 0.3) is 5.69 Å². The van der Waals surface area contributed by atoms with E-state index in [1.54, 1.807) is 40.8 Å². The zero-order valence-corrected chi connectivity index (χ0v) is 13.0. The van der Waals surface area contributed by atoms with E-state index in [-0.39, 0.29) is 21.5 Å². The summed E-state index contributed by atoms with van der Waals surface area (Å²) in [5, 5.41) is 14.4. The first-order chi connectivity index (χ1) is 9.49. The lowest BCUT2D eigenvalue weighted by Gasteiger charge is -2.09. The van der Waals surface area contributed by atoms with Crippen molar-refractivity contribution in [2.75, 3.05) is 5.32 Å². The first kappa shape index (κ1) is 15.0. The lowest BCUT2D eigenvalue weighted by atomic mass is 10.2. The van der Waals surface area contributed by atoms with Crippen LogP contribution in [0, 0.1) is 19.5 Å². The number of anilines is 1. The molecular formula is C13H9ClFIN2O2. The van der Waals surface area contributed by atoms with E-state index in [4.69, 9.17) is 11.6 Å². The number of nitrogens with zero attached hydrogens (tertiary/aromatic N) is 1. The molecule has 4 nitrogen and oxygen atoms in total. The van der Waals surface area contributed by atoms with Crippen molar-refractivity contribution in [2.45, 2.75) is 6.54 Å².